The fraction of sp³-hybridized carbons (Fsp3) is 0.176. The van der Waals surface area contributed by atoms with Gasteiger partial charge in [-0.1, -0.05) is 35.9 Å². The molecule has 0 saturated heterocycles. The summed E-state index contributed by atoms with van der Waals surface area (Å²) in [6, 6.07) is 12.2. The van der Waals surface area contributed by atoms with Crippen LogP contribution in [-0.2, 0) is 17.0 Å². The van der Waals surface area contributed by atoms with E-state index in [1.807, 2.05) is 24.3 Å². The van der Waals surface area contributed by atoms with Gasteiger partial charge in [-0.3, -0.25) is 4.79 Å². The van der Waals surface area contributed by atoms with E-state index in [9.17, 15) is 9.59 Å². The number of aryl methyl sites for hydroxylation is 1. The molecule has 23 heavy (non-hydrogen) atoms. The number of amides is 1. The molecule has 0 aliphatic rings. The largest absolute Gasteiger partial charge is 0.478 e. The number of aromatic carboxylic acids is 1. The lowest BCUT2D eigenvalue weighted by Crippen LogP contribution is -2.13. The van der Waals surface area contributed by atoms with Gasteiger partial charge in [0.2, 0.25) is 5.91 Å². The lowest BCUT2D eigenvalue weighted by Gasteiger charge is -2.09. The molecule has 1 amide bonds. The van der Waals surface area contributed by atoms with Gasteiger partial charge in [0.15, 0.2) is 0 Å². The third-order valence-electron chi connectivity index (χ3n) is 3.39. The number of anilines is 1. The van der Waals surface area contributed by atoms with E-state index in [-0.39, 0.29) is 16.5 Å². The molecule has 0 atom stereocenters. The number of carboxylic acid groups (broad SMARTS) is 1. The summed E-state index contributed by atoms with van der Waals surface area (Å²) in [6.07, 6.45) is 0.901. The summed E-state index contributed by atoms with van der Waals surface area (Å²) in [5.74, 6) is -0.692. The molecule has 0 unspecified atom stereocenters. The van der Waals surface area contributed by atoms with E-state index in [1.165, 1.54) is 12.1 Å². The molecule has 2 rings (SSSR count). The van der Waals surface area contributed by atoms with Gasteiger partial charge in [-0.2, -0.15) is 12.6 Å². The van der Waals surface area contributed by atoms with Gasteiger partial charge in [0.05, 0.1) is 10.6 Å². The second kappa shape index (κ2) is 8.04. The maximum atomic E-state index is 12.0. The molecule has 0 bridgehead atoms. The minimum Gasteiger partial charge on any atom is -0.478 e. The van der Waals surface area contributed by atoms with E-state index in [2.05, 4.69) is 17.9 Å². The molecule has 120 valence electrons. The molecule has 0 heterocycles. The number of carbonyl (C=O) groups excluding carboxylic acids is 1. The smallest absolute Gasteiger partial charge is 0.337 e. The van der Waals surface area contributed by atoms with Crippen LogP contribution in [0.25, 0.3) is 0 Å². The number of hydrogen-bond donors (Lipinski definition) is 3. The SMILES string of the molecule is O=C(CCc1ccccc1CS)Nc1ccc(Cl)c(C(=O)O)c1. The van der Waals surface area contributed by atoms with Crippen molar-refractivity contribution in [1.82, 2.24) is 0 Å². The van der Waals surface area contributed by atoms with E-state index in [0.29, 0.717) is 24.3 Å². The fourth-order valence-corrected chi connectivity index (χ4v) is 2.70. The Morgan fingerprint density at radius 3 is 2.48 bits per heavy atom. The predicted molar refractivity (Wildman–Crippen MR) is 94.5 cm³/mol. The van der Waals surface area contributed by atoms with E-state index >= 15 is 0 Å². The Morgan fingerprint density at radius 2 is 1.83 bits per heavy atom. The van der Waals surface area contributed by atoms with Crippen LogP contribution in [0.4, 0.5) is 5.69 Å². The number of rotatable bonds is 6. The summed E-state index contributed by atoms with van der Waals surface area (Å²) in [7, 11) is 0. The molecule has 2 aromatic carbocycles. The molecule has 6 heteroatoms. The van der Waals surface area contributed by atoms with Crippen molar-refractivity contribution < 1.29 is 14.7 Å². The lowest BCUT2D eigenvalue weighted by atomic mass is 10.0. The fourth-order valence-electron chi connectivity index (χ4n) is 2.19. The van der Waals surface area contributed by atoms with Gasteiger partial charge in [-0.25, -0.2) is 4.79 Å². The number of halogens is 1. The zero-order chi connectivity index (χ0) is 16.8. The minimum absolute atomic E-state index is 0.0371. The first kappa shape index (κ1) is 17.4. The highest BCUT2D eigenvalue weighted by molar-refractivity contribution is 7.79. The molecule has 0 spiro atoms. The average Bonchev–Trinajstić information content (AvgIpc) is 2.54. The number of hydrogen-bond acceptors (Lipinski definition) is 3. The van der Waals surface area contributed by atoms with E-state index in [0.717, 1.165) is 11.1 Å². The van der Waals surface area contributed by atoms with Gasteiger partial charge in [-0.15, -0.1) is 0 Å². The van der Waals surface area contributed by atoms with Crippen molar-refractivity contribution in [3.63, 3.8) is 0 Å². The summed E-state index contributed by atoms with van der Waals surface area (Å²) in [4.78, 5) is 23.1. The number of carbonyl (C=O) groups is 2. The van der Waals surface area contributed by atoms with Crippen LogP contribution in [0, 0.1) is 0 Å². The first-order chi connectivity index (χ1) is 11.0. The van der Waals surface area contributed by atoms with Crippen molar-refractivity contribution in [3.8, 4) is 0 Å². The van der Waals surface area contributed by atoms with Crippen LogP contribution >= 0.6 is 24.2 Å². The van der Waals surface area contributed by atoms with E-state index < -0.39 is 5.97 Å². The summed E-state index contributed by atoms with van der Waals surface area (Å²) in [5, 5.41) is 11.9. The first-order valence-electron chi connectivity index (χ1n) is 7.01. The Labute approximate surface area is 144 Å². The number of benzene rings is 2. The van der Waals surface area contributed by atoms with Gasteiger partial charge in [0.1, 0.15) is 0 Å². The third-order valence-corrected chi connectivity index (χ3v) is 4.06. The van der Waals surface area contributed by atoms with Gasteiger partial charge in [0, 0.05) is 17.9 Å². The molecular formula is C17H16ClNO3S. The molecule has 2 aromatic rings. The molecular weight excluding hydrogens is 334 g/mol. The Balaban J connectivity index is 2.00. The average molecular weight is 350 g/mol. The zero-order valence-electron chi connectivity index (χ0n) is 12.3. The van der Waals surface area contributed by atoms with Crippen molar-refractivity contribution in [2.24, 2.45) is 0 Å². The molecule has 4 nitrogen and oxygen atoms in total. The van der Waals surface area contributed by atoms with E-state index in [1.54, 1.807) is 6.07 Å². The summed E-state index contributed by atoms with van der Waals surface area (Å²) >= 11 is 10.1. The van der Waals surface area contributed by atoms with Crippen molar-refractivity contribution in [2.75, 3.05) is 5.32 Å². The molecule has 0 saturated carbocycles. The van der Waals surface area contributed by atoms with Crippen LogP contribution in [0.2, 0.25) is 5.02 Å². The Morgan fingerprint density at radius 1 is 1.13 bits per heavy atom. The zero-order valence-corrected chi connectivity index (χ0v) is 13.9. The maximum Gasteiger partial charge on any atom is 0.337 e. The topological polar surface area (TPSA) is 66.4 Å². The maximum absolute atomic E-state index is 12.0. The Kier molecular flexibility index (Phi) is 6.07. The van der Waals surface area contributed by atoms with Gasteiger partial charge >= 0.3 is 5.97 Å². The number of nitrogens with one attached hydrogen (secondary N) is 1. The first-order valence-corrected chi connectivity index (χ1v) is 8.02. The van der Waals surface area contributed by atoms with Gasteiger partial charge < -0.3 is 10.4 Å². The van der Waals surface area contributed by atoms with Crippen LogP contribution in [0.5, 0.6) is 0 Å². The molecule has 0 aromatic heterocycles. The lowest BCUT2D eigenvalue weighted by molar-refractivity contribution is -0.116. The molecule has 0 fully saturated rings. The summed E-state index contributed by atoms with van der Waals surface area (Å²) in [6.45, 7) is 0. The normalized spacial score (nSPS) is 10.3. The van der Waals surface area contributed by atoms with Crippen LogP contribution in [-0.4, -0.2) is 17.0 Å². The van der Waals surface area contributed by atoms with Gasteiger partial charge in [-0.05, 0) is 35.7 Å². The molecule has 0 radical (unpaired) electrons. The highest BCUT2D eigenvalue weighted by atomic mass is 35.5. The molecule has 2 N–H and O–H groups in total. The second-order valence-electron chi connectivity index (χ2n) is 4.97. The second-order valence-corrected chi connectivity index (χ2v) is 5.70. The Bertz CT molecular complexity index is 734. The minimum atomic E-state index is -1.13. The van der Waals surface area contributed by atoms with Crippen LogP contribution in [0.1, 0.15) is 27.9 Å². The highest BCUT2D eigenvalue weighted by Gasteiger charge is 2.11. The van der Waals surface area contributed by atoms with Crippen molar-refractivity contribution in [1.29, 1.82) is 0 Å². The molecule has 0 aliphatic carbocycles. The van der Waals surface area contributed by atoms with Gasteiger partial charge in [0.25, 0.3) is 0 Å². The third kappa shape index (κ3) is 4.74. The highest BCUT2D eigenvalue weighted by Crippen LogP contribution is 2.21. The van der Waals surface area contributed by atoms with Crippen molar-refractivity contribution in [2.45, 2.75) is 18.6 Å². The van der Waals surface area contributed by atoms with Crippen LogP contribution < -0.4 is 5.32 Å². The monoisotopic (exact) mass is 349 g/mol. The summed E-state index contributed by atoms with van der Waals surface area (Å²) in [5.41, 5.74) is 2.56. The van der Waals surface area contributed by atoms with Crippen molar-refractivity contribution in [3.05, 3.63) is 64.2 Å². The predicted octanol–water partition coefficient (Wildman–Crippen LogP) is 4.04. The van der Waals surface area contributed by atoms with Crippen LogP contribution in [0.3, 0.4) is 0 Å². The van der Waals surface area contributed by atoms with Crippen molar-refractivity contribution >= 4 is 41.8 Å². The quantitative estimate of drug-likeness (QED) is 0.689. The Hall–Kier alpha value is -1.98. The van der Waals surface area contributed by atoms with Crippen LogP contribution in [0.15, 0.2) is 42.5 Å². The number of carboxylic acids is 1. The summed E-state index contributed by atoms with van der Waals surface area (Å²) < 4.78 is 0. The number of thiol groups is 1. The standard InChI is InChI=1S/C17H16ClNO3S/c18-15-7-6-13(9-14(15)17(21)22)19-16(20)8-5-11-3-1-2-4-12(11)10-23/h1-4,6-7,9,23H,5,8,10H2,(H,19,20)(H,21,22). The van der Waals surface area contributed by atoms with E-state index in [4.69, 9.17) is 16.7 Å². The molecule has 0 aliphatic heterocycles.